The fourth-order valence-electron chi connectivity index (χ4n) is 2.65. The molecule has 0 spiro atoms. The normalized spacial score (nSPS) is 12.3. The number of hydrogen-bond donors (Lipinski definition) is 1. The summed E-state index contributed by atoms with van der Waals surface area (Å²) in [5, 5.41) is 3.29. The number of aryl methyl sites for hydroxylation is 2. The minimum absolute atomic E-state index is 0.0579. The summed E-state index contributed by atoms with van der Waals surface area (Å²) in [4.78, 5) is 0. The molecule has 0 heterocycles. The van der Waals surface area contributed by atoms with Crippen molar-refractivity contribution in [2.24, 2.45) is 0 Å². The molecule has 0 saturated carbocycles. The molecule has 2 aromatic rings. The third-order valence-corrected chi connectivity index (χ3v) is 4.18. The van der Waals surface area contributed by atoms with E-state index in [9.17, 15) is 4.39 Å². The van der Waals surface area contributed by atoms with E-state index in [-0.39, 0.29) is 11.9 Å². The van der Waals surface area contributed by atoms with E-state index in [1.54, 1.807) is 19.2 Å². The predicted molar refractivity (Wildman–Crippen MR) is 87.5 cm³/mol. The lowest BCUT2D eigenvalue weighted by atomic mass is 9.93. The van der Waals surface area contributed by atoms with Crippen LogP contribution in [0, 0.1) is 19.7 Å². The molecule has 1 N–H and O–H groups in total. The molecule has 4 heteroatoms. The van der Waals surface area contributed by atoms with Gasteiger partial charge in [-0.2, -0.15) is 0 Å². The van der Waals surface area contributed by atoms with E-state index in [2.05, 4.69) is 34.2 Å². The average molecular weight is 352 g/mol. The first-order valence-electron chi connectivity index (χ1n) is 6.75. The topological polar surface area (TPSA) is 21.3 Å². The van der Waals surface area contributed by atoms with Crippen LogP contribution in [0.1, 0.15) is 28.3 Å². The maximum absolute atomic E-state index is 13.5. The van der Waals surface area contributed by atoms with Crippen LogP contribution in [0.5, 0.6) is 5.75 Å². The quantitative estimate of drug-likeness (QED) is 0.873. The van der Waals surface area contributed by atoms with Crippen molar-refractivity contribution in [2.45, 2.75) is 19.9 Å². The Hall–Kier alpha value is -1.39. The standard InChI is InChI=1S/C17H19BrFNO/c1-10-7-11(2)16(15(8-10)21-4)17(20-3)12-5-6-14(19)13(18)9-12/h5-9,17,20H,1-4H3. The minimum atomic E-state index is -0.263. The van der Waals surface area contributed by atoms with Crippen LogP contribution in [0.15, 0.2) is 34.8 Å². The first-order valence-corrected chi connectivity index (χ1v) is 7.54. The summed E-state index contributed by atoms with van der Waals surface area (Å²) in [7, 11) is 3.56. The first-order chi connectivity index (χ1) is 9.97. The van der Waals surface area contributed by atoms with E-state index in [4.69, 9.17) is 4.74 Å². The molecular formula is C17H19BrFNO. The van der Waals surface area contributed by atoms with Crippen LogP contribution in [0.4, 0.5) is 4.39 Å². The van der Waals surface area contributed by atoms with Gasteiger partial charge in [0.1, 0.15) is 11.6 Å². The zero-order valence-electron chi connectivity index (χ0n) is 12.6. The molecule has 0 bridgehead atoms. The Morgan fingerprint density at radius 3 is 2.48 bits per heavy atom. The van der Waals surface area contributed by atoms with Crippen LogP contribution in [0.3, 0.4) is 0 Å². The van der Waals surface area contributed by atoms with Crippen molar-refractivity contribution >= 4 is 15.9 Å². The number of nitrogens with one attached hydrogen (secondary N) is 1. The lowest BCUT2D eigenvalue weighted by molar-refractivity contribution is 0.404. The van der Waals surface area contributed by atoms with Gasteiger partial charge in [-0.1, -0.05) is 12.1 Å². The number of halogens is 2. The molecule has 0 fully saturated rings. The molecule has 1 atom stereocenters. The van der Waals surface area contributed by atoms with Gasteiger partial charge in [-0.05, 0) is 71.7 Å². The van der Waals surface area contributed by atoms with Crippen molar-refractivity contribution in [1.82, 2.24) is 5.32 Å². The number of hydrogen-bond acceptors (Lipinski definition) is 2. The molecule has 2 rings (SSSR count). The Morgan fingerprint density at radius 1 is 1.19 bits per heavy atom. The average Bonchev–Trinajstić information content (AvgIpc) is 2.45. The monoisotopic (exact) mass is 351 g/mol. The first kappa shape index (κ1) is 16.0. The molecule has 2 nitrogen and oxygen atoms in total. The molecule has 0 amide bonds. The van der Waals surface area contributed by atoms with Crippen LogP contribution in [-0.4, -0.2) is 14.2 Å². The van der Waals surface area contributed by atoms with Gasteiger partial charge in [-0.25, -0.2) is 4.39 Å². The van der Waals surface area contributed by atoms with Crippen molar-refractivity contribution in [1.29, 1.82) is 0 Å². The molecule has 2 aromatic carbocycles. The molecule has 0 saturated heterocycles. The fourth-order valence-corrected chi connectivity index (χ4v) is 3.04. The summed E-state index contributed by atoms with van der Waals surface area (Å²) in [6, 6.07) is 9.15. The van der Waals surface area contributed by atoms with Crippen LogP contribution in [0.25, 0.3) is 0 Å². The predicted octanol–water partition coefficient (Wildman–Crippen LogP) is 4.52. The highest BCUT2D eigenvalue weighted by atomic mass is 79.9. The second-order valence-corrected chi connectivity index (χ2v) is 5.95. The van der Waals surface area contributed by atoms with Crippen LogP contribution in [-0.2, 0) is 0 Å². The minimum Gasteiger partial charge on any atom is -0.496 e. The molecule has 1 unspecified atom stereocenters. The number of methoxy groups -OCH3 is 1. The third kappa shape index (κ3) is 3.27. The molecular weight excluding hydrogens is 333 g/mol. The Bertz CT molecular complexity index is 657. The molecule has 0 aromatic heterocycles. The van der Waals surface area contributed by atoms with Crippen LogP contribution in [0.2, 0.25) is 0 Å². The third-order valence-electron chi connectivity index (χ3n) is 3.57. The highest BCUT2D eigenvalue weighted by molar-refractivity contribution is 9.10. The number of benzene rings is 2. The summed E-state index contributed by atoms with van der Waals surface area (Å²) in [5.41, 5.74) is 4.36. The summed E-state index contributed by atoms with van der Waals surface area (Å²) in [6.07, 6.45) is 0. The van der Waals surface area contributed by atoms with Crippen molar-refractivity contribution < 1.29 is 9.13 Å². The number of rotatable bonds is 4. The number of ether oxygens (including phenoxy) is 1. The highest BCUT2D eigenvalue weighted by Gasteiger charge is 2.20. The van der Waals surface area contributed by atoms with Gasteiger partial charge in [-0.15, -0.1) is 0 Å². The van der Waals surface area contributed by atoms with Crippen molar-refractivity contribution in [3.05, 3.63) is 62.9 Å². The summed E-state index contributed by atoms with van der Waals surface area (Å²) >= 11 is 3.25. The van der Waals surface area contributed by atoms with Crippen molar-refractivity contribution in [2.75, 3.05) is 14.2 Å². The molecule has 0 radical (unpaired) electrons. The zero-order valence-corrected chi connectivity index (χ0v) is 14.2. The summed E-state index contributed by atoms with van der Waals surface area (Å²) in [6.45, 7) is 4.11. The molecule has 0 aliphatic carbocycles. The second-order valence-electron chi connectivity index (χ2n) is 5.09. The summed E-state index contributed by atoms with van der Waals surface area (Å²) in [5.74, 6) is 0.577. The Balaban J connectivity index is 2.58. The Morgan fingerprint density at radius 2 is 1.90 bits per heavy atom. The highest BCUT2D eigenvalue weighted by Crippen LogP contribution is 2.34. The van der Waals surface area contributed by atoms with E-state index in [1.165, 1.54) is 6.07 Å². The molecule has 112 valence electrons. The lowest BCUT2D eigenvalue weighted by Gasteiger charge is -2.23. The van der Waals surface area contributed by atoms with Gasteiger partial charge in [-0.3, -0.25) is 0 Å². The smallest absolute Gasteiger partial charge is 0.137 e. The molecule has 21 heavy (non-hydrogen) atoms. The van der Waals surface area contributed by atoms with Gasteiger partial charge in [0.2, 0.25) is 0 Å². The van der Waals surface area contributed by atoms with Crippen LogP contribution >= 0.6 is 15.9 Å². The Labute approximate surface area is 133 Å². The van der Waals surface area contributed by atoms with E-state index < -0.39 is 0 Å². The van der Waals surface area contributed by atoms with Crippen molar-refractivity contribution in [3.8, 4) is 5.75 Å². The van der Waals surface area contributed by atoms with Gasteiger partial charge in [0, 0.05) is 5.56 Å². The molecule has 0 aliphatic heterocycles. The fraction of sp³-hybridized carbons (Fsp3) is 0.294. The maximum atomic E-state index is 13.5. The second kappa shape index (κ2) is 6.58. The zero-order chi connectivity index (χ0) is 15.6. The maximum Gasteiger partial charge on any atom is 0.137 e. The van der Waals surface area contributed by atoms with Gasteiger partial charge in [0.25, 0.3) is 0 Å². The van der Waals surface area contributed by atoms with Gasteiger partial charge in [0.15, 0.2) is 0 Å². The van der Waals surface area contributed by atoms with Gasteiger partial charge >= 0.3 is 0 Å². The van der Waals surface area contributed by atoms with E-state index in [0.717, 1.165) is 28.0 Å². The largest absolute Gasteiger partial charge is 0.496 e. The van der Waals surface area contributed by atoms with Crippen LogP contribution < -0.4 is 10.1 Å². The van der Waals surface area contributed by atoms with Gasteiger partial charge in [0.05, 0.1) is 17.6 Å². The van der Waals surface area contributed by atoms with E-state index in [1.807, 2.05) is 20.0 Å². The SMILES string of the molecule is CNC(c1ccc(F)c(Br)c1)c1c(C)cc(C)cc1OC. The van der Waals surface area contributed by atoms with E-state index in [0.29, 0.717) is 4.47 Å². The van der Waals surface area contributed by atoms with Crippen molar-refractivity contribution in [3.63, 3.8) is 0 Å². The van der Waals surface area contributed by atoms with Gasteiger partial charge < -0.3 is 10.1 Å². The molecule has 0 aliphatic rings. The summed E-state index contributed by atoms with van der Waals surface area (Å²) < 4.78 is 19.5. The van der Waals surface area contributed by atoms with E-state index >= 15 is 0 Å². The Kier molecular flexibility index (Phi) is 5.01. The lowest BCUT2D eigenvalue weighted by Crippen LogP contribution is -2.20.